The number of halogens is 1. The molecule has 3 aromatic heterocycles. The summed E-state index contributed by atoms with van der Waals surface area (Å²) in [7, 11) is 3.52. The smallest absolute Gasteiger partial charge is 0.233 e. The topological polar surface area (TPSA) is 87.5 Å². The number of benzene rings is 2. The number of imidazole rings is 1. The van der Waals surface area contributed by atoms with Gasteiger partial charge < -0.3 is 10.6 Å². The molecule has 0 aliphatic heterocycles. The molecule has 9 heteroatoms. The molecule has 55 heavy (non-hydrogen) atoms. The Bertz CT molecular complexity index is 2520. The van der Waals surface area contributed by atoms with Gasteiger partial charge in [0.05, 0.1) is 29.7 Å². The fourth-order valence-electron chi connectivity index (χ4n) is 4.95. The molecule has 0 radical (unpaired) electrons. The summed E-state index contributed by atoms with van der Waals surface area (Å²) in [6.45, 7) is 6.35. The molecule has 1 atom stereocenters. The number of pyridine rings is 1. The van der Waals surface area contributed by atoms with E-state index in [4.69, 9.17) is 9.97 Å². The molecule has 3 heterocycles. The van der Waals surface area contributed by atoms with Crippen LogP contribution < -0.4 is 10.6 Å². The Kier molecular flexibility index (Phi) is 15.7. The second-order valence-corrected chi connectivity index (χ2v) is 11.5. The van der Waals surface area contributed by atoms with Crippen molar-refractivity contribution in [1.82, 2.24) is 29.6 Å². The van der Waals surface area contributed by atoms with Crippen LogP contribution >= 0.6 is 0 Å². The van der Waals surface area contributed by atoms with Crippen molar-refractivity contribution in [2.75, 3.05) is 26.0 Å². The lowest BCUT2D eigenvalue weighted by atomic mass is 10.1. The summed E-state index contributed by atoms with van der Waals surface area (Å²) in [5.74, 6) is 35.7. The summed E-state index contributed by atoms with van der Waals surface area (Å²) in [4.78, 5) is 27.9. The first kappa shape index (κ1) is 40.1. The highest BCUT2D eigenvalue weighted by Gasteiger charge is 2.19. The van der Waals surface area contributed by atoms with Gasteiger partial charge in [0, 0.05) is 31.5 Å². The van der Waals surface area contributed by atoms with Gasteiger partial charge in [-0.2, -0.15) is 0 Å². The van der Waals surface area contributed by atoms with Crippen molar-refractivity contribution in [3.63, 3.8) is 0 Å². The highest BCUT2D eigenvalue weighted by molar-refractivity contribution is 5.81. The van der Waals surface area contributed by atoms with E-state index in [9.17, 15) is 9.18 Å². The number of anilines is 1. The minimum atomic E-state index is -0.311. The largest absolute Gasteiger partial charge is 0.358 e. The van der Waals surface area contributed by atoms with Crippen LogP contribution in [0.3, 0.4) is 0 Å². The van der Waals surface area contributed by atoms with Gasteiger partial charge in [-0.3, -0.25) is 14.1 Å². The van der Waals surface area contributed by atoms with Crippen LogP contribution in [0.15, 0.2) is 85.2 Å². The minimum absolute atomic E-state index is 0.00883. The van der Waals surface area contributed by atoms with Gasteiger partial charge in [-0.25, -0.2) is 19.3 Å². The molecule has 0 bridgehead atoms. The second-order valence-electron chi connectivity index (χ2n) is 11.5. The highest BCUT2D eigenvalue weighted by atomic mass is 19.1. The molecule has 1 amide bonds. The molecule has 0 spiro atoms. The maximum Gasteiger partial charge on any atom is 0.233 e. The molecule has 268 valence electrons. The molecule has 2 aromatic carbocycles. The number of aromatic nitrogens is 4. The lowest BCUT2D eigenvalue weighted by Gasteiger charge is -2.16. The van der Waals surface area contributed by atoms with Crippen molar-refractivity contribution >= 4 is 17.5 Å². The fourth-order valence-corrected chi connectivity index (χ4v) is 4.95. The maximum absolute atomic E-state index is 13.7. The van der Waals surface area contributed by atoms with Crippen LogP contribution in [-0.4, -0.2) is 50.8 Å². The number of nitrogens with one attached hydrogen (secondary N) is 2. The van der Waals surface area contributed by atoms with Crippen molar-refractivity contribution in [2.24, 2.45) is 0 Å². The van der Waals surface area contributed by atoms with E-state index in [0.29, 0.717) is 30.4 Å². The van der Waals surface area contributed by atoms with Crippen LogP contribution in [0.4, 0.5) is 10.3 Å². The van der Waals surface area contributed by atoms with Crippen LogP contribution in [0.5, 0.6) is 0 Å². The fraction of sp³-hybridized carbons (Fsp3) is 0.174. The Labute approximate surface area is 322 Å². The Morgan fingerprint density at radius 1 is 0.818 bits per heavy atom. The molecule has 0 saturated carbocycles. The van der Waals surface area contributed by atoms with Crippen molar-refractivity contribution in [3.8, 4) is 106 Å². The average Bonchev–Trinajstić information content (AvgIpc) is 3.58. The van der Waals surface area contributed by atoms with E-state index >= 15 is 0 Å². The Hall–Kier alpha value is -7.71. The Morgan fingerprint density at radius 2 is 1.42 bits per heavy atom. The molecule has 5 rings (SSSR count). The van der Waals surface area contributed by atoms with Gasteiger partial charge in [-0.05, 0) is 152 Å². The number of rotatable bonds is 9. The summed E-state index contributed by atoms with van der Waals surface area (Å²) < 4.78 is 15.7. The van der Waals surface area contributed by atoms with E-state index < -0.39 is 0 Å². The number of nitrogens with zero attached hydrogens (tertiary/aromatic N) is 5. The van der Waals surface area contributed by atoms with Crippen LogP contribution in [0, 0.1) is 88.7 Å². The normalized spacial score (nSPS) is 9.65. The van der Waals surface area contributed by atoms with Gasteiger partial charge >= 0.3 is 0 Å². The molecule has 8 nitrogen and oxygen atoms in total. The lowest BCUT2D eigenvalue weighted by Crippen LogP contribution is -2.32. The quantitative estimate of drug-likeness (QED) is 0.182. The highest BCUT2D eigenvalue weighted by Crippen LogP contribution is 2.33. The SMILES string of the molecule is CC#CC#CC#CC#CC#CC#CC#CC.CNC(=O)CN(C)Cc1ccn2c(-c3ccnc(N[C@@H](C)c4ccccc4)n3)c(-c3ccc(F)cc3)nc2c1. The zero-order chi connectivity index (χ0) is 39.3. The molecule has 0 aliphatic rings. The Morgan fingerprint density at radius 3 is 2.00 bits per heavy atom. The molecule has 0 aliphatic carbocycles. The molecule has 0 unspecified atom stereocenters. The lowest BCUT2D eigenvalue weighted by molar-refractivity contribution is -0.121. The van der Waals surface area contributed by atoms with Crippen LogP contribution in [-0.2, 0) is 11.3 Å². The number of carbonyl (C=O) groups excluding carboxylic acids is 1. The monoisotopic (exact) mass is 721 g/mol. The van der Waals surface area contributed by atoms with Gasteiger partial charge in [0.25, 0.3) is 0 Å². The van der Waals surface area contributed by atoms with Gasteiger partial charge in [-0.15, -0.1) is 0 Å². The predicted molar refractivity (Wildman–Crippen MR) is 216 cm³/mol. The van der Waals surface area contributed by atoms with E-state index in [0.717, 1.165) is 28.0 Å². The number of carbonyl (C=O) groups is 1. The summed E-state index contributed by atoms with van der Waals surface area (Å²) >= 11 is 0. The number of hydrogen-bond acceptors (Lipinski definition) is 6. The number of hydrogen-bond donors (Lipinski definition) is 2. The van der Waals surface area contributed by atoms with Gasteiger partial charge in [-0.1, -0.05) is 42.2 Å². The standard InChI is InChI=1S/C30H30FN7O.C16H6/c1-20(22-7-5-4-6-8-22)34-30-33-15-13-25(35-30)29-28(23-9-11-24(31)12-10-23)36-26-17-21(14-16-38(26)29)18-37(3)19-27(39)32-2;1-3-5-7-9-11-13-15-16-14-12-10-8-6-4-2/h4-17,20H,18-19H2,1-3H3,(H,32,39)(H,33,34,35);1-2H3/t20-;/m0./s1. The third-order valence-electron chi connectivity index (χ3n) is 7.43. The van der Waals surface area contributed by atoms with Crippen molar-refractivity contribution in [3.05, 3.63) is 102 Å². The van der Waals surface area contributed by atoms with Crippen LogP contribution in [0.25, 0.3) is 28.3 Å². The number of fused-ring (bicyclic) bond motifs is 1. The second kappa shape index (κ2) is 21.6. The zero-order valence-corrected chi connectivity index (χ0v) is 31.1. The first-order valence-corrected chi connectivity index (χ1v) is 17.0. The average molecular weight is 722 g/mol. The molecule has 5 aromatic rings. The van der Waals surface area contributed by atoms with Gasteiger partial charge in [0.15, 0.2) is 0 Å². The summed E-state index contributed by atoms with van der Waals surface area (Å²) in [6.07, 6.45) is 3.67. The molecular formula is C46H36FN7O. The first-order chi connectivity index (χ1) is 26.8. The molecule has 0 fully saturated rings. The minimum Gasteiger partial charge on any atom is -0.358 e. The van der Waals surface area contributed by atoms with E-state index in [-0.39, 0.29) is 17.8 Å². The van der Waals surface area contributed by atoms with Crippen LogP contribution in [0.1, 0.15) is 37.9 Å². The zero-order valence-electron chi connectivity index (χ0n) is 31.1. The van der Waals surface area contributed by atoms with E-state index in [2.05, 4.69) is 118 Å². The third kappa shape index (κ3) is 12.8. The summed E-state index contributed by atoms with van der Waals surface area (Å²) in [6, 6.07) is 22.3. The van der Waals surface area contributed by atoms with E-state index in [1.807, 2.05) is 58.9 Å². The maximum atomic E-state index is 13.7. The summed E-state index contributed by atoms with van der Waals surface area (Å²) in [5, 5.41) is 6.03. The number of amides is 1. The van der Waals surface area contributed by atoms with Crippen molar-refractivity contribution in [1.29, 1.82) is 0 Å². The van der Waals surface area contributed by atoms with Gasteiger partial charge in [0.1, 0.15) is 11.5 Å². The van der Waals surface area contributed by atoms with Crippen LogP contribution in [0.2, 0.25) is 0 Å². The van der Waals surface area contributed by atoms with E-state index in [1.165, 1.54) is 12.1 Å². The predicted octanol–water partition coefficient (Wildman–Crippen LogP) is 6.00. The van der Waals surface area contributed by atoms with Crippen molar-refractivity contribution < 1.29 is 9.18 Å². The molecule has 2 N–H and O–H groups in total. The first-order valence-electron chi connectivity index (χ1n) is 17.0. The van der Waals surface area contributed by atoms with E-state index in [1.54, 1.807) is 39.2 Å². The summed E-state index contributed by atoms with van der Waals surface area (Å²) in [5.41, 5.74) is 5.79. The van der Waals surface area contributed by atoms with Gasteiger partial charge in [0.2, 0.25) is 11.9 Å². The van der Waals surface area contributed by atoms with Crippen molar-refractivity contribution in [2.45, 2.75) is 33.4 Å². The number of likely N-dealkylation sites (N-methyl/N-ethyl adjacent to an activating group) is 2. The molecule has 0 saturated heterocycles. The Balaban J connectivity index is 0.000000356. The third-order valence-corrected chi connectivity index (χ3v) is 7.43. The molecular weight excluding hydrogens is 686 g/mol.